The zero-order chi connectivity index (χ0) is 7.90. The van der Waals surface area contributed by atoms with Gasteiger partial charge in [0.25, 0.3) is 0 Å². The van der Waals surface area contributed by atoms with Crippen LogP contribution in [0.15, 0.2) is 4.42 Å². The van der Waals surface area contributed by atoms with Crippen molar-refractivity contribution in [3.05, 3.63) is 11.8 Å². The van der Waals surface area contributed by atoms with Gasteiger partial charge in [0.1, 0.15) is 0 Å². The molecule has 1 aliphatic rings. The van der Waals surface area contributed by atoms with Crippen LogP contribution >= 0.6 is 12.4 Å². The maximum Gasteiger partial charge on any atom is 0.224 e. The molecule has 0 radical (unpaired) electrons. The van der Waals surface area contributed by atoms with Crippen molar-refractivity contribution in [2.75, 3.05) is 13.1 Å². The lowest BCUT2D eigenvalue weighted by Crippen LogP contribution is -2.54. The number of aryl methyl sites for hydroxylation is 1. The normalized spacial score (nSPS) is 19.5. The van der Waals surface area contributed by atoms with Gasteiger partial charge in [0, 0.05) is 20.0 Å². The van der Waals surface area contributed by atoms with Gasteiger partial charge in [-0.2, -0.15) is 0 Å². The Morgan fingerprint density at radius 3 is 2.42 bits per heavy atom. The third-order valence-corrected chi connectivity index (χ3v) is 2.07. The standard InChI is InChI=1S/C7H11N3O.ClH/c1-5-9-10-6(11-5)7(2)3-8-4-7;/h8H,3-4H2,1-2H3;1H. The molecule has 68 valence electrons. The molecule has 0 aromatic carbocycles. The van der Waals surface area contributed by atoms with Crippen LogP contribution in [0.4, 0.5) is 0 Å². The molecule has 0 unspecified atom stereocenters. The summed E-state index contributed by atoms with van der Waals surface area (Å²) in [6, 6.07) is 0. The molecular formula is C7H12ClN3O. The van der Waals surface area contributed by atoms with Crippen molar-refractivity contribution in [1.29, 1.82) is 0 Å². The molecule has 0 bridgehead atoms. The quantitative estimate of drug-likeness (QED) is 0.705. The van der Waals surface area contributed by atoms with Crippen molar-refractivity contribution in [3.63, 3.8) is 0 Å². The van der Waals surface area contributed by atoms with E-state index in [1.807, 2.05) is 6.92 Å². The van der Waals surface area contributed by atoms with E-state index in [0.29, 0.717) is 5.89 Å². The second kappa shape index (κ2) is 3.03. The molecule has 5 heteroatoms. The molecule has 0 aliphatic carbocycles. The van der Waals surface area contributed by atoms with Crippen molar-refractivity contribution in [3.8, 4) is 0 Å². The fourth-order valence-electron chi connectivity index (χ4n) is 1.19. The smallest absolute Gasteiger partial charge is 0.224 e. The van der Waals surface area contributed by atoms with E-state index >= 15 is 0 Å². The Kier molecular flexibility index (Phi) is 2.39. The molecule has 1 aliphatic heterocycles. The number of aromatic nitrogens is 2. The molecule has 2 heterocycles. The zero-order valence-electron chi connectivity index (χ0n) is 7.13. The van der Waals surface area contributed by atoms with Crippen LogP contribution < -0.4 is 5.32 Å². The highest BCUT2D eigenvalue weighted by Crippen LogP contribution is 2.25. The lowest BCUT2D eigenvalue weighted by molar-refractivity contribution is 0.239. The third-order valence-electron chi connectivity index (χ3n) is 2.07. The number of halogens is 1. The molecule has 0 spiro atoms. The highest BCUT2D eigenvalue weighted by molar-refractivity contribution is 5.85. The molecule has 4 nitrogen and oxygen atoms in total. The fourth-order valence-corrected chi connectivity index (χ4v) is 1.19. The first kappa shape index (κ1) is 9.48. The van der Waals surface area contributed by atoms with E-state index in [-0.39, 0.29) is 17.8 Å². The van der Waals surface area contributed by atoms with Crippen LogP contribution in [0.1, 0.15) is 18.7 Å². The second-order valence-electron chi connectivity index (χ2n) is 3.29. The van der Waals surface area contributed by atoms with Crippen molar-refractivity contribution in [2.45, 2.75) is 19.3 Å². The van der Waals surface area contributed by atoms with Gasteiger partial charge in [-0.25, -0.2) is 0 Å². The number of nitrogens with one attached hydrogen (secondary N) is 1. The van der Waals surface area contributed by atoms with Crippen LogP contribution in [0.5, 0.6) is 0 Å². The van der Waals surface area contributed by atoms with Gasteiger partial charge in [-0.15, -0.1) is 22.6 Å². The van der Waals surface area contributed by atoms with Gasteiger partial charge >= 0.3 is 0 Å². The summed E-state index contributed by atoms with van der Waals surface area (Å²) in [6.07, 6.45) is 0. The van der Waals surface area contributed by atoms with Gasteiger partial charge in [-0.3, -0.25) is 0 Å². The summed E-state index contributed by atoms with van der Waals surface area (Å²) in [5.74, 6) is 1.40. The van der Waals surface area contributed by atoms with Crippen molar-refractivity contribution < 1.29 is 4.42 Å². The Balaban J connectivity index is 0.000000720. The van der Waals surface area contributed by atoms with E-state index in [4.69, 9.17) is 4.42 Å². The van der Waals surface area contributed by atoms with Crippen molar-refractivity contribution in [1.82, 2.24) is 15.5 Å². The number of nitrogens with zero attached hydrogens (tertiary/aromatic N) is 2. The molecular weight excluding hydrogens is 178 g/mol. The lowest BCUT2D eigenvalue weighted by atomic mass is 9.84. The monoisotopic (exact) mass is 189 g/mol. The fraction of sp³-hybridized carbons (Fsp3) is 0.714. The van der Waals surface area contributed by atoms with Crippen molar-refractivity contribution in [2.24, 2.45) is 0 Å². The average Bonchev–Trinajstić information content (AvgIpc) is 2.31. The summed E-state index contributed by atoms with van der Waals surface area (Å²) < 4.78 is 5.33. The van der Waals surface area contributed by atoms with Gasteiger partial charge in [0.15, 0.2) is 0 Å². The number of rotatable bonds is 1. The third kappa shape index (κ3) is 1.32. The van der Waals surface area contributed by atoms with E-state index in [2.05, 4.69) is 22.4 Å². The van der Waals surface area contributed by atoms with Gasteiger partial charge in [-0.05, 0) is 6.92 Å². The summed E-state index contributed by atoms with van der Waals surface area (Å²) in [6.45, 7) is 5.81. The van der Waals surface area contributed by atoms with E-state index in [0.717, 1.165) is 19.0 Å². The Hall–Kier alpha value is -0.610. The number of hydrogen-bond acceptors (Lipinski definition) is 4. The molecule has 0 amide bonds. The molecule has 1 saturated heterocycles. The van der Waals surface area contributed by atoms with E-state index in [1.165, 1.54) is 0 Å². The lowest BCUT2D eigenvalue weighted by Gasteiger charge is -2.35. The first-order valence-corrected chi connectivity index (χ1v) is 3.72. The highest BCUT2D eigenvalue weighted by Gasteiger charge is 2.38. The SMILES string of the molecule is Cc1nnc(C2(C)CNC2)o1.Cl. The summed E-state index contributed by atoms with van der Waals surface area (Å²) in [5, 5.41) is 11.0. The minimum Gasteiger partial charge on any atom is -0.425 e. The van der Waals surface area contributed by atoms with Crippen molar-refractivity contribution >= 4 is 12.4 Å². The van der Waals surface area contributed by atoms with Gasteiger partial charge < -0.3 is 9.73 Å². The summed E-state index contributed by atoms with van der Waals surface area (Å²) in [7, 11) is 0. The molecule has 1 aromatic heterocycles. The molecule has 12 heavy (non-hydrogen) atoms. The maximum atomic E-state index is 5.33. The summed E-state index contributed by atoms with van der Waals surface area (Å²) in [5.41, 5.74) is 0.0846. The molecule has 1 aromatic rings. The van der Waals surface area contributed by atoms with Crippen LogP contribution in [0.25, 0.3) is 0 Å². The van der Waals surface area contributed by atoms with Crippen LogP contribution in [0.2, 0.25) is 0 Å². The number of hydrogen-bond donors (Lipinski definition) is 1. The first-order valence-electron chi connectivity index (χ1n) is 3.72. The van der Waals surface area contributed by atoms with E-state index < -0.39 is 0 Å². The predicted octanol–water partition coefficient (Wildman–Crippen LogP) is 0.661. The van der Waals surface area contributed by atoms with Crippen LogP contribution in [0.3, 0.4) is 0 Å². The van der Waals surface area contributed by atoms with Crippen LogP contribution in [-0.2, 0) is 5.41 Å². The molecule has 0 saturated carbocycles. The molecule has 1 fully saturated rings. The predicted molar refractivity (Wildman–Crippen MR) is 46.5 cm³/mol. The minimum absolute atomic E-state index is 0. The van der Waals surface area contributed by atoms with Crippen LogP contribution in [0, 0.1) is 6.92 Å². The van der Waals surface area contributed by atoms with Gasteiger partial charge in [0.05, 0.1) is 5.41 Å². The van der Waals surface area contributed by atoms with E-state index in [1.54, 1.807) is 0 Å². The first-order chi connectivity index (χ1) is 5.21. The Morgan fingerprint density at radius 2 is 2.08 bits per heavy atom. The van der Waals surface area contributed by atoms with E-state index in [9.17, 15) is 0 Å². The minimum atomic E-state index is 0. The van der Waals surface area contributed by atoms with Gasteiger partial charge in [0.2, 0.25) is 11.8 Å². The molecule has 1 N–H and O–H groups in total. The molecule has 0 atom stereocenters. The summed E-state index contributed by atoms with van der Waals surface area (Å²) >= 11 is 0. The Bertz CT molecular complexity index is 269. The molecule has 2 rings (SSSR count). The average molecular weight is 190 g/mol. The topological polar surface area (TPSA) is 51.0 Å². The van der Waals surface area contributed by atoms with Crippen LogP contribution in [-0.4, -0.2) is 23.3 Å². The Morgan fingerprint density at radius 1 is 1.42 bits per heavy atom. The highest BCUT2D eigenvalue weighted by atomic mass is 35.5. The second-order valence-corrected chi connectivity index (χ2v) is 3.29. The Labute approximate surface area is 77.2 Å². The summed E-state index contributed by atoms with van der Waals surface area (Å²) in [4.78, 5) is 0. The zero-order valence-corrected chi connectivity index (χ0v) is 7.94. The maximum absolute atomic E-state index is 5.33. The van der Waals surface area contributed by atoms with Gasteiger partial charge in [-0.1, -0.05) is 0 Å². The largest absolute Gasteiger partial charge is 0.425 e.